The fourth-order valence-corrected chi connectivity index (χ4v) is 3.67. The van der Waals surface area contributed by atoms with Crippen molar-refractivity contribution in [2.24, 2.45) is 22.5 Å². The number of esters is 4. The van der Waals surface area contributed by atoms with E-state index >= 15 is 0 Å². The molecule has 0 aliphatic carbocycles. The second kappa shape index (κ2) is 14.4. The molecule has 0 saturated carbocycles. The van der Waals surface area contributed by atoms with Gasteiger partial charge in [-0.1, -0.05) is 61.5 Å². The average Bonchev–Trinajstić information content (AvgIpc) is 2.76. The van der Waals surface area contributed by atoms with Crippen LogP contribution in [0.25, 0.3) is 0 Å². The maximum absolute atomic E-state index is 12.7. The fraction of sp³-hybridized carbons (Fsp3) is 0.667. The molecule has 0 saturated heterocycles. The predicted octanol–water partition coefficient (Wildman–Crippen LogP) is 5.15. The molecule has 1 atom stereocenters. The molecule has 39 heavy (non-hydrogen) atoms. The van der Waals surface area contributed by atoms with Crippen LogP contribution in [0, 0.1) is 16.7 Å². The van der Waals surface area contributed by atoms with Gasteiger partial charge in [-0.15, -0.1) is 0 Å². The first-order chi connectivity index (χ1) is 17.8. The number of ether oxygens (including phenoxy) is 4. The molecule has 0 fully saturated rings. The summed E-state index contributed by atoms with van der Waals surface area (Å²) < 4.78 is 21.4. The largest absolute Gasteiger partial charge is 0.468 e. The van der Waals surface area contributed by atoms with E-state index in [1.165, 1.54) is 19.2 Å². The standard InChI is InChI=1S/C30H47NO8/c1-20(2)10-13-24(32)37-15-14-30(31,27(35)36-9)17-21-11-12-22(38-25(33)18-28(3,4)5)23(16-21)39-26(34)19-29(6,7)8/h11-12,16,20H,10,13-15,17-19,31H2,1-9H3/t30-/m1/s1. The van der Waals surface area contributed by atoms with E-state index in [9.17, 15) is 19.2 Å². The molecule has 2 N–H and O–H groups in total. The van der Waals surface area contributed by atoms with Gasteiger partial charge in [-0.3, -0.25) is 19.2 Å². The molecule has 0 aliphatic heterocycles. The molecule has 0 spiro atoms. The highest BCUT2D eigenvalue weighted by molar-refractivity contribution is 5.81. The first kappa shape index (κ1) is 34.1. The number of methoxy groups -OCH3 is 1. The van der Waals surface area contributed by atoms with E-state index in [0.29, 0.717) is 17.9 Å². The maximum Gasteiger partial charge on any atom is 0.326 e. The molecule has 1 aromatic rings. The number of carbonyl (C=O) groups excluding carboxylic acids is 4. The van der Waals surface area contributed by atoms with Crippen molar-refractivity contribution in [1.82, 2.24) is 0 Å². The van der Waals surface area contributed by atoms with Gasteiger partial charge in [0.05, 0.1) is 26.6 Å². The molecule has 220 valence electrons. The van der Waals surface area contributed by atoms with E-state index in [2.05, 4.69) is 0 Å². The van der Waals surface area contributed by atoms with E-state index < -0.39 is 23.4 Å². The SMILES string of the molecule is COC(=O)[C@@](N)(CCOC(=O)CCC(C)C)Cc1ccc(OC(=O)CC(C)(C)C)c(OC(=O)CC(C)(C)C)c1. The van der Waals surface area contributed by atoms with Gasteiger partial charge in [0.15, 0.2) is 11.5 Å². The Morgan fingerprint density at radius 1 is 0.846 bits per heavy atom. The molecular formula is C30H47NO8. The Hall–Kier alpha value is -2.94. The van der Waals surface area contributed by atoms with Crippen LogP contribution in [0.3, 0.4) is 0 Å². The Morgan fingerprint density at radius 2 is 1.38 bits per heavy atom. The number of benzene rings is 1. The van der Waals surface area contributed by atoms with Crippen molar-refractivity contribution in [2.75, 3.05) is 13.7 Å². The topological polar surface area (TPSA) is 131 Å². The van der Waals surface area contributed by atoms with Crippen LogP contribution in [0.1, 0.15) is 93.1 Å². The summed E-state index contributed by atoms with van der Waals surface area (Å²) in [4.78, 5) is 49.8. The van der Waals surface area contributed by atoms with Crippen LogP contribution >= 0.6 is 0 Å². The van der Waals surface area contributed by atoms with Crippen molar-refractivity contribution in [3.63, 3.8) is 0 Å². The van der Waals surface area contributed by atoms with E-state index in [1.54, 1.807) is 6.07 Å². The van der Waals surface area contributed by atoms with Crippen LogP contribution in [0.4, 0.5) is 0 Å². The molecule has 0 bridgehead atoms. The van der Waals surface area contributed by atoms with Gasteiger partial charge in [-0.25, -0.2) is 0 Å². The number of hydrogen-bond donors (Lipinski definition) is 1. The van der Waals surface area contributed by atoms with Gasteiger partial charge in [0.2, 0.25) is 0 Å². The lowest BCUT2D eigenvalue weighted by atomic mass is 9.88. The summed E-state index contributed by atoms with van der Waals surface area (Å²) in [6.07, 6.45) is 1.31. The zero-order valence-electron chi connectivity index (χ0n) is 25.1. The third-order valence-electron chi connectivity index (χ3n) is 5.65. The predicted molar refractivity (Wildman–Crippen MR) is 148 cm³/mol. The molecule has 0 aliphatic rings. The van der Waals surface area contributed by atoms with Crippen LogP contribution < -0.4 is 15.2 Å². The monoisotopic (exact) mass is 549 g/mol. The second-order valence-electron chi connectivity index (χ2n) is 12.9. The Bertz CT molecular complexity index is 1000. The minimum Gasteiger partial charge on any atom is -0.468 e. The molecule has 0 aromatic heterocycles. The van der Waals surface area contributed by atoms with Gasteiger partial charge in [0.1, 0.15) is 5.54 Å². The van der Waals surface area contributed by atoms with Crippen LogP contribution in [-0.4, -0.2) is 43.1 Å². The first-order valence-electron chi connectivity index (χ1n) is 13.4. The van der Waals surface area contributed by atoms with Gasteiger partial charge in [0, 0.05) is 19.3 Å². The first-order valence-corrected chi connectivity index (χ1v) is 13.4. The smallest absolute Gasteiger partial charge is 0.326 e. The third-order valence-corrected chi connectivity index (χ3v) is 5.65. The van der Waals surface area contributed by atoms with Crippen molar-refractivity contribution in [3.8, 4) is 11.5 Å². The maximum atomic E-state index is 12.7. The van der Waals surface area contributed by atoms with Crippen LogP contribution in [0.2, 0.25) is 0 Å². The molecule has 9 nitrogen and oxygen atoms in total. The summed E-state index contributed by atoms with van der Waals surface area (Å²) >= 11 is 0. The lowest BCUT2D eigenvalue weighted by Gasteiger charge is -2.27. The molecule has 0 radical (unpaired) electrons. The quantitative estimate of drug-likeness (QED) is 0.262. The van der Waals surface area contributed by atoms with Crippen LogP contribution in [0.5, 0.6) is 11.5 Å². The van der Waals surface area contributed by atoms with Gasteiger partial charge in [-0.2, -0.15) is 0 Å². The summed E-state index contributed by atoms with van der Waals surface area (Å²) in [5, 5.41) is 0. The van der Waals surface area contributed by atoms with E-state index in [4.69, 9.17) is 24.7 Å². The molecular weight excluding hydrogens is 502 g/mol. The van der Waals surface area contributed by atoms with Crippen molar-refractivity contribution in [3.05, 3.63) is 23.8 Å². The van der Waals surface area contributed by atoms with Crippen molar-refractivity contribution < 1.29 is 38.1 Å². The van der Waals surface area contributed by atoms with Gasteiger partial charge < -0.3 is 24.7 Å². The van der Waals surface area contributed by atoms with Crippen molar-refractivity contribution >= 4 is 23.9 Å². The summed E-state index contributed by atoms with van der Waals surface area (Å²) in [5.41, 5.74) is 4.88. The highest BCUT2D eigenvalue weighted by atomic mass is 16.6. The van der Waals surface area contributed by atoms with E-state index in [0.717, 1.165) is 0 Å². The van der Waals surface area contributed by atoms with E-state index in [1.807, 2.05) is 55.4 Å². The van der Waals surface area contributed by atoms with E-state index in [-0.39, 0.29) is 67.0 Å². The number of carbonyl (C=O) groups is 4. The third kappa shape index (κ3) is 13.6. The molecule has 0 heterocycles. The van der Waals surface area contributed by atoms with Crippen LogP contribution in [-0.2, 0) is 35.1 Å². The van der Waals surface area contributed by atoms with Crippen molar-refractivity contribution in [2.45, 2.75) is 99.5 Å². The molecule has 0 unspecified atom stereocenters. The molecule has 0 amide bonds. The number of nitrogens with two attached hydrogens (primary N) is 1. The zero-order chi connectivity index (χ0) is 30.0. The highest BCUT2D eigenvalue weighted by Crippen LogP contribution is 2.33. The fourth-order valence-electron chi connectivity index (χ4n) is 3.67. The average molecular weight is 550 g/mol. The Balaban J connectivity index is 3.18. The lowest BCUT2D eigenvalue weighted by molar-refractivity contribution is -0.151. The van der Waals surface area contributed by atoms with Gasteiger partial charge in [-0.05, 0) is 40.9 Å². The zero-order valence-corrected chi connectivity index (χ0v) is 25.1. The van der Waals surface area contributed by atoms with Gasteiger partial charge in [0.25, 0.3) is 0 Å². The lowest BCUT2D eigenvalue weighted by Crippen LogP contribution is -2.51. The summed E-state index contributed by atoms with van der Waals surface area (Å²) in [7, 11) is 1.23. The Kier molecular flexibility index (Phi) is 12.6. The van der Waals surface area contributed by atoms with Crippen LogP contribution in [0.15, 0.2) is 18.2 Å². The number of rotatable bonds is 13. The highest BCUT2D eigenvalue weighted by Gasteiger charge is 2.36. The minimum absolute atomic E-state index is 0.00323. The summed E-state index contributed by atoms with van der Waals surface area (Å²) in [5.74, 6) is -1.48. The molecule has 1 rings (SSSR count). The molecule has 9 heteroatoms. The normalized spacial score (nSPS) is 13.4. The summed E-state index contributed by atoms with van der Waals surface area (Å²) in [6, 6.07) is 4.68. The summed E-state index contributed by atoms with van der Waals surface area (Å²) in [6.45, 7) is 15.4. The minimum atomic E-state index is -1.51. The van der Waals surface area contributed by atoms with Gasteiger partial charge >= 0.3 is 23.9 Å². The second-order valence-corrected chi connectivity index (χ2v) is 12.9. The molecule has 1 aromatic carbocycles. The Morgan fingerprint density at radius 3 is 1.87 bits per heavy atom. The Labute approximate surface area is 233 Å². The number of hydrogen-bond acceptors (Lipinski definition) is 9. The van der Waals surface area contributed by atoms with Crippen molar-refractivity contribution in [1.29, 1.82) is 0 Å².